The first-order valence-electron chi connectivity index (χ1n) is 11.0. The number of carbonyl (C=O) groups is 3. The lowest BCUT2D eigenvalue weighted by Crippen LogP contribution is -2.30. The summed E-state index contributed by atoms with van der Waals surface area (Å²) in [4.78, 5) is 38.4. The highest BCUT2D eigenvalue weighted by molar-refractivity contribution is 8.00. The molecule has 8 heteroatoms. The molecule has 7 nitrogen and oxygen atoms in total. The van der Waals surface area contributed by atoms with Crippen LogP contribution in [0.1, 0.15) is 28.4 Å². The van der Waals surface area contributed by atoms with Crippen molar-refractivity contribution in [2.24, 2.45) is 0 Å². The maximum Gasteiger partial charge on any atom is 0.340 e. The monoisotopic (exact) mass is 492 g/mol. The Hall–Kier alpha value is -3.78. The molecular formula is C27H28N2O5S. The molecule has 2 amide bonds. The van der Waals surface area contributed by atoms with E-state index < -0.39 is 18.0 Å². The van der Waals surface area contributed by atoms with Gasteiger partial charge in [-0.3, -0.25) is 9.59 Å². The largest absolute Gasteiger partial charge is 0.497 e. The first-order valence-corrected chi connectivity index (χ1v) is 12.0. The Balaban J connectivity index is 1.59. The maximum absolute atomic E-state index is 12.8. The minimum Gasteiger partial charge on any atom is -0.497 e. The molecule has 3 aromatic rings. The number of rotatable bonds is 9. The molecule has 2 N–H and O–H groups in total. The average molecular weight is 493 g/mol. The van der Waals surface area contributed by atoms with Crippen molar-refractivity contribution in [3.05, 3.63) is 83.4 Å². The second kappa shape index (κ2) is 12.1. The number of aryl methyl sites for hydroxylation is 2. The lowest BCUT2D eigenvalue weighted by Gasteiger charge is -2.16. The van der Waals surface area contributed by atoms with Crippen LogP contribution in [0.5, 0.6) is 5.75 Å². The molecule has 0 spiro atoms. The van der Waals surface area contributed by atoms with Crippen molar-refractivity contribution in [1.82, 2.24) is 0 Å². The number of anilines is 2. The summed E-state index contributed by atoms with van der Waals surface area (Å²) in [6.45, 7) is 5.40. The molecular weight excluding hydrogens is 464 g/mol. The summed E-state index contributed by atoms with van der Waals surface area (Å²) in [5.41, 5.74) is 3.59. The van der Waals surface area contributed by atoms with E-state index >= 15 is 0 Å². The smallest absolute Gasteiger partial charge is 0.340 e. The number of thioether (sulfide) groups is 1. The molecule has 3 rings (SSSR count). The van der Waals surface area contributed by atoms with Crippen LogP contribution < -0.4 is 15.4 Å². The third-order valence-corrected chi connectivity index (χ3v) is 6.19. The van der Waals surface area contributed by atoms with Gasteiger partial charge in [0.05, 0.1) is 18.4 Å². The van der Waals surface area contributed by atoms with Crippen LogP contribution in [-0.4, -0.2) is 36.8 Å². The summed E-state index contributed by atoms with van der Waals surface area (Å²) in [7, 11) is 1.56. The van der Waals surface area contributed by atoms with Crippen molar-refractivity contribution in [1.29, 1.82) is 0 Å². The number of ether oxygens (including phenoxy) is 2. The van der Waals surface area contributed by atoms with E-state index in [1.54, 1.807) is 55.6 Å². The standard InChI is InChI=1S/C27H28N2O5S/c1-17-12-13-23(18(2)14-17)29-26(31)19(3)34-27(32)22-10-5-6-11-24(22)35-16-25(30)28-20-8-7-9-21(15-20)33-4/h5-15,19H,16H2,1-4H3,(H,28,30)(H,29,31). The lowest BCUT2D eigenvalue weighted by atomic mass is 10.1. The first kappa shape index (κ1) is 25.8. The van der Waals surface area contributed by atoms with Gasteiger partial charge in [-0.05, 0) is 56.7 Å². The molecule has 0 saturated carbocycles. The molecule has 0 saturated heterocycles. The Morgan fingerprint density at radius 2 is 1.71 bits per heavy atom. The topological polar surface area (TPSA) is 93.7 Å². The van der Waals surface area contributed by atoms with E-state index in [-0.39, 0.29) is 17.2 Å². The number of hydrogen-bond donors (Lipinski definition) is 2. The zero-order valence-corrected chi connectivity index (χ0v) is 20.9. The van der Waals surface area contributed by atoms with Crippen LogP contribution in [-0.2, 0) is 14.3 Å². The minimum atomic E-state index is -1.00. The molecule has 0 fully saturated rings. The van der Waals surface area contributed by atoms with Crippen LogP contribution in [0.2, 0.25) is 0 Å². The van der Waals surface area contributed by atoms with Crippen LogP contribution in [0.4, 0.5) is 11.4 Å². The van der Waals surface area contributed by atoms with Gasteiger partial charge in [0.2, 0.25) is 5.91 Å². The number of amides is 2. The normalized spacial score (nSPS) is 11.3. The molecule has 182 valence electrons. The molecule has 0 radical (unpaired) electrons. The van der Waals surface area contributed by atoms with Gasteiger partial charge in [0.15, 0.2) is 6.10 Å². The van der Waals surface area contributed by atoms with E-state index in [4.69, 9.17) is 9.47 Å². The zero-order valence-electron chi connectivity index (χ0n) is 20.1. The molecule has 35 heavy (non-hydrogen) atoms. The summed E-state index contributed by atoms with van der Waals surface area (Å²) in [6, 6.07) is 19.6. The highest BCUT2D eigenvalue weighted by Gasteiger charge is 2.22. The Bertz CT molecular complexity index is 1230. The van der Waals surface area contributed by atoms with Crippen LogP contribution in [0, 0.1) is 13.8 Å². The van der Waals surface area contributed by atoms with Gasteiger partial charge >= 0.3 is 5.97 Å². The molecule has 1 atom stereocenters. The van der Waals surface area contributed by atoms with Crippen LogP contribution in [0.3, 0.4) is 0 Å². The van der Waals surface area contributed by atoms with Gasteiger partial charge in [-0.1, -0.05) is 35.9 Å². The Labute approximate surface area is 209 Å². The van der Waals surface area contributed by atoms with E-state index in [1.165, 1.54) is 18.7 Å². The summed E-state index contributed by atoms with van der Waals surface area (Å²) in [5.74, 6) is -0.561. The van der Waals surface area contributed by atoms with Crippen molar-refractivity contribution in [2.75, 3.05) is 23.5 Å². The van der Waals surface area contributed by atoms with Gasteiger partial charge < -0.3 is 20.1 Å². The number of nitrogens with one attached hydrogen (secondary N) is 2. The fraction of sp³-hybridized carbons (Fsp3) is 0.222. The quantitative estimate of drug-likeness (QED) is 0.314. The fourth-order valence-electron chi connectivity index (χ4n) is 3.27. The number of hydrogen-bond acceptors (Lipinski definition) is 6. The Morgan fingerprint density at radius 1 is 0.943 bits per heavy atom. The molecule has 1 unspecified atom stereocenters. The van der Waals surface area contributed by atoms with E-state index in [9.17, 15) is 14.4 Å². The van der Waals surface area contributed by atoms with Crippen LogP contribution >= 0.6 is 11.8 Å². The summed E-state index contributed by atoms with van der Waals surface area (Å²) >= 11 is 1.21. The molecule has 0 heterocycles. The molecule has 0 aliphatic carbocycles. The van der Waals surface area contributed by atoms with Crippen molar-refractivity contribution in [3.8, 4) is 5.75 Å². The van der Waals surface area contributed by atoms with Gasteiger partial charge in [-0.15, -0.1) is 11.8 Å². The maximum atomic E-state index is 12.8. The van der Waals surface area contributed by atoms with Gasteiger partial charge in [0.1, 0.15) is 5.75 Å². The predicted molar refractivity (Wildman–Crippen MR) is 138 cm³/mol. The Morgan fingerprint density at radius 3 is 2.46 bits per heavy atom. The van der Waals surface area contributed by atoms with E-state index in [0.717, 1.165) is 11.1 Å². The molecule has 0 aliphatic heterocycles. The summed E-state index contributed by atoms with van der Waals surface area (Å²) in [6.07, 6.45) is -1.00. The van der Waals surface area contributed by atoms with Crippen LogP contribution in [0.25, 0.3) is 0 Å². The second-order valence-corrected chi connectivity index (χ2v) is 8.94. The van der Waals surface area contributed by atoms with E-state index in [1.807, 2.05) is 32.0 Å². The predicted octanol–water partition coefficient (Wildman–Crippen LogP) is 5.23. The van der Waals surface area contributed by atoms with Crippen molar-refractivity contribution in [2.45, 2.75) is 31.8 Å². The molecule has 0 aliphatic rings. The van der Waals surface area contributed by atoms with E-state index in [0.29, 0.717) is 22.0 Å². The number of methoxy groups -OCH3 is 1. The van der Waals surface area contributed by atoms with Crippen molar-refractivity contribution < 1.29 is 23.9 Å². The van der Waals surface area contributed by atoms with Crippen molar-refractivity contribution >= 4 is 40.9 Å². The SMILES string of the molecule is COc1cccc(NC(=O)CSc2ccccc2C(=O)OC(C)C(=O)Nc2ccc(C)cc2C)c1. The molecule has 0 aromatic heterocycles. The van der Waals surface area contributed by atoms with Crippen LogP contribution in [0.15, 0.2) is 71.6 Å². The highest BCUT2D eigenvalue weighted by atomic mass is 32.2. The van der Waals surface area contributed by atoms with Gasteiger partial charge in [-0.25, -0.2) is 4.79 Å². The Kier molecular flexibility index (Phi) is 8.92. The lowest BCUT2D eigenvalue weighted by molar-refractivity contribution is -0.123. The third-order valence-electron chi connectivity index (χ3n) is 5.11. The fourth-order valence-corrected chi connectivity index (χ4v) is 4.11. The minimum absolute atomic E-state index is 0.0875. The molecule has 3 aromatic carbocycles. The number of esters is 1. The van der Waals surface area contributed by atoms with E-state index in [2.05, 4.69) is 10.6 Å². The second-order valence-electron chi connectivity index (χ2n) is 7.92. The van der Waals surface area contributed by atoms with Gasteiger partial charge in [-0.2, -0.15) is 0 Å². The summed E-state index contributed by atoms with van der Waals surface area (Å²) in [5, 5.41) is 5.60. The van der Waals surface area contributed by atoms with Gasteiger partial charge in [0, 0.05) is 22.3 Å². The number of benzene rings is 3. The van der Waals surface area contributed by atoms with Gasteiger partial charge in [0.25, 0.3) is 5.91 Å². The first-order chi connectivity index (χ1) is 16.8. The number of carbonyl (C=O) groups excluding carboxylic acids is 3. The average Bonchev–Trinajstić information content (AvgIpc) is 2.84. The third kappa shape index (κ3) is 7.35. The van der Waals surface area contributed by atoms with Crippen molar-refractivity contribution in [3.63, 3.8) is 0 Å². The summed E-state index contributed by atoms with van der Waals surface area (Å²) < 4.78 is 10.6. The zero-order chi connectivity index (χ0) is 25.4. The molecule has 0 bridgehead atoms. The highest BCUT2D eigenvalue weighted by Crippen LogP contribution is 2.25.